The number of imide groups is 1. The van der Waals surface area contributed by atoms with Crippen LogP contribution in [0, 0.1) is 0 Å². The Morgan fingerprint density at radius 1 is 1.40 bits per heavy atom. The fourth-order valence-corrected chi connectivity index (χ4v) is 2.25. The van der Waals surface area contributed by atoms with Crippen LogP contribution in [0.5, 0.6) is 5.75 Å². The Bertz CT molecular complexity index is 753. The highest BCUT2D eigenvalue weighted by atomic mass is 35.5. The summed E-state index contributed by atoms with van der Waals surface area (Å²) in [7, 11) is 0. The van der Waals surface area contributed by atoms with Crippen LogP contribution in [0.25, 0.3) is 5.69 Å². The van der Waals surface area contributed by atoms with Gasteiger partial charge in [0.15, 0.2) is 0 Å². The molecule has 2 aromatic rings. The number of aromatic nitrogens is 2. The molecule has 20 heavy (non-hydrogen) atoms. The van der Waals surface area contributed by atoms with Gasteiger partial charge in [-0.1, -0.05) is 11.6 Å². The number of nitrogens with one attached hydrogen (secondary N) is 1. The molecule has 1 aromatic heterocycles. The van der Waals surface area contributed by atoms with Gasteiger partial charge in [0.1, 0.15) is 22.8 Å². The molecule has 0 saturated carbocycles. The Kier molecular flexibility index (Phi) is 2.65. The van der Waals surface area contributed by atoms with Crippen molar-refractivity contribution in [2.75, 3.05) is 5.73 Å². The molecule has 1 aromatic carbocycles. The third-order valence-corrected chi connectivity index (χ3v) is 3.20. The van der Waals surface area contributed by atoms with Crippen molar-refractivity contribution in [3.8, 4) is 11.4 Å². The highest BCUT2D eigenvalue weighted by molar-refractivity contribution is 6.30. The summed E-state index contributed by atoms with van der Waals surface area (Å²) in [5.41, 5.74) is 6.54. The summed E-state index contributed by atoms with van der Waals surface area (Å²) in [6.07, 6.45) is -0.0421. The second kappa shape index (κ2) is 4.24. The highest BCUT2D eigenvalue weighted by Gasteiger charge is 2.30. The van der Waals surface area contributed by atoms with Crippen molar-refractivity contribution < 1.29 is 14.7 Å². The van der Waals surface area contributed by atoms with Crippen molar-refractivity contribution in [1.29, 1.82) is 0 Å². The largest absolute Gasteiger partial charge is 0.506 e. The quantitative estimate of drug-likeness (QED) is 0.668. The first-order valence-corrected chi connectivity index (χ1v) is 6.05. The van der Waals surface area contributed by atoms with Crippen LogP contribution >= 0.6 is 11.6 Å². The predicted molar refractivity (Wildman–Crippen MR) is 70.8 cm³/mol. The average Bonchev–Trinajstić information content (AvgIpc) is 2.69. The van der Waals surface area contributed by atoms with E-state index in [0.29, 0.717) is 5.02 Å². The number of nitrogen functional groups attached to an aromatic ring is 1. The fourth-order valence-electron chi connectivity index (χ4n) is 2.08. The summed E-state index contributed by atoms with van der Waals surface area (Å²) in [5, 5.41) is 16.5. The van der Waals surface area contributed by atoms with Crippen LogP contribution in [0.1, 0.15) is 16.1 Å². The minimum Gasteiger partial charge on any atom is -0.506 e. The number of amides is 2. The van der Waals surface area contributed by atoms with E-state index in [4.69, 9.17) is 17.3 Å². The molecular formula is C12H9ClN4O3. The molecule has 0 radical (unpaired) electrons. The third-order valence-electron chi connectivity index (χ3n) is 2.97. The van der Waals surface area contributed by atoms with Crippen molar-refractivity contribution in [3.63, 3.8) is 0 Å². The molecule has 0 aliphatic carbocycles. The zero-order valence-electron chi connectivity index (χ0n) is 10.1. The standard InChI is InChI=1S/C12H9ClN4O3/c13-5-1-2-8(18)7(3-5)17-11(14)10-6(16-17)4-9(19)15-12(10)20/h1-3,18H,4,14H2,(H,15,19,20). The van der Waals surface area contributed by atoms with Crippen LogP contribution in [0.15, 0.2) is 18.2 Å². The van der Waals surface area contributed by atoms with E-state index in [1.165, 1.54) is 22.9 Å². The molecule has 0 fully saturated rings. The lowest BCUT2D eigenvalue weighted by atomic mass is 10.1. The van der Waals surface area contributed by atoms with E-state index in [9.17, 15) is 14.7 Å². The zero-order valence-corrected chi connectivity index (χ0v) is 10.8. The van der Waals surface area contributed by atoms with Gasteiger partial charge >= 0.3 is 0 Å². The maximum Gasteiger partial charge on any atom is 0.263 e. The van der Waals surface area contributed by atoms with Crippen molar-refractivity contribution in [2.24, 2.45) is 0 Å². The number of phenols is 1. The molecular weight excluding hydrogens is 284 g/mol. The Hall–Kier alpha value is -2.54. The van der Waals surface area contributed by atoms with Crippen LogP contribution in [0.2, 0.25) is 5.02 Å². The molecule has 102 valence electrons. The number of benzene rings is 1. The smallest absolute Gasteiger partial charge is 0.263 e. The lowest BCUT2D eigenvalue weighted by Gasteiger charge is -2.09. The molecule has 2 amide bonds. The van der Waals surface area contributed by atoms with Gasteiger partial charge in [0, 0.05) is 5.02 Å². The number of carbonyl (C=O) groups is 2. The molecule has 1 aliphatic rings. The van der Waals surface area contributed by atoms with E-state index in [1.54, 1.807) is 0 Å². The van der Waals surface area contributed by atoms with Crippen molar-refractivity contribution in [1.82, 2.24) is 15.1 Å². The number of hydrogen-bond donors (Lipinski definition) is 3. The Balaban J connectivity index is 2.22. The Labute approximate surface area is 117 Å². The van der Waals surface area contributed by atoms with Crippen molar-refractivity contribution in [3.05, 3.63) is 34.5 Å². The number of nitrogens with two attached hydrogens (primary N) is 1. The molecule has 8 heteroatoms. The normalized spacial score (nSPS) is 14.1. The van der Waals surface area contributed by atoms with Crippen LogP contribution in [-0.2, 0) is 11.2 Å². The van der Waals surface area contributed by atoms with Gasteiger partial charge in [-0.05, 0) is 18.2 Å². The minimum absolute atomic E-state index is 0.0421. The molecule has 4 N–H and O–H groups in total. The second-order valence-corrected chi connectivity index (χ2v) is 4.74. The average molecular weight is 293 g/mol. The molecule has 7 nitrogen and oxygen atoms in total. The van der Waals surface area contributed by atoms with E-state index in [2.05, 4.69) is 10.4 Å². The molecule has 0 unspecified atom stereocenters. The van der Waals surface area contributed by atoms with Crippen LogP contribution < -0.4 is 11.1 Å². The number of anilines is 1. The number of phenolic OH excluding ortho intramolecular Hbond substituents is 1. The van der Waals surface area contributed by atoms with Gasteiger partial charge in [0.2, 0.25) is 5.91 Å². The van der Waals surface area contributed by atoms with E-state index in [0.717, 1.165) is 0 Å². The number of halogens is 1. The number of carbonyl (C=O) groups excluding carboxylic acids is 2. The summed E-state index contributed by atoms with van der Waals surface area (Å²) in [6.45, 7) is 0. The first kappa shape index (κ1) is 12.5. The van der Waals surface area contributed by atoms with Crippen molar-refractivity contribution >= 4 is 29.2 Å². The summed E-state index contributed by atoms with van der Waals surface area (Å²) in [5.74, 6) is -1.08. The number of aromatic hydroxyl groups is 1. The zero-order chi connectivity index (χ0) is 14.4. The van der Waals surface area contributed by atoms with Gasteiger partial charge in [0.05, 0.1) is 12.1 Å². The summed E-state index contributed by atoms with van der Waals surface area (Å²) < 4.78 is 1.20. The van der Waals surface area contributed by atoms with Crippen molar-refractivity contribution in [2.45, 2.75) is 6.42 Å². The molecule has 1 aliphatic heterocycles. The minimum atomic E-state index is -0.596. The van der Waals surface area contributed by atoms with Crippen LogP contribution in [0.4, 0.5) is 5.82 Å². The summed E-state index contributed by atoms with van der Waals surface area (Å²) in [4.78, 5) is 23.1. The van der Waals surface area contributed by atoms with E-state index in [-0.39, 0.29) is 34.9 Å². The van der Waals surface area contributed by atoms with Gasteiger partial charge in [-0.3, -0.25) is 14.9 Å². The van der Waals surface area contributed by atoms with Gasteiger partial charge in [-0.2, -0.15) is 5.10 Å². The van der Waals surface area contributed by atoms with Gasteiger partial charge in [-0.25, -0.2) is 4.68 Å². The number of rotatable bonds is 1. The SMILES string of the molecule is Nc1c2c(nn1-c1cc(Cl)ccc1O)CC(=O)NC2=O. The highest BCUT2D eigenvalue weighted by Crippen LogP contribution is 2.30. The molecule has 0 bridgehead atoms. The third kappa shape index (κ3) is 1.79. The first-order chi connectivity index (χ1) is 9.47. The van der Waals surface area contributed by atoms with Crippen LogP contribution in [0.3, 0.4) is 0 Å². The molecule has 0 saturated heterocycles. The lowest BCUT2D eigenvalue weighted by molar-refractivity contribution is -0.119. The molecule has 3 rings (SSSR count). The molecule has 0 spiro atoms. The maximum absolute atomic E-state index is 11.8. The van der Waals surface area contributed by atoms with Gasteiger partial charge < -0.3 is 10.8 Å². The Morgan fingerprint density at radius 2 is 2.15 bits per heavy atom. The predicted octanol–water partition coefficient (Wildman–Crippen LogP) is 0.626. The van der Waals surface area contributed by atoms with E-state index in [1.807, 2.05) is 0 Å². The summed E-state index contributed by atoms with van der Waals surface area (Å²) >= 11 is 5.87. The number of fused-ring (bicyclic) bond motifs is 1. The first-order valence-electron chi connectivity index (χ1n) is 5.68. The summed E-state index contributed by atoms with van der Waals surface area (Å²) in [6, 6.07) is 4.37. The topological polar surface area (TPSA) is 110 Å². The molecule has 2 heterocycles. The lowest BCUT2D eigenvalue weighted by Crippen LogP contribution is -2.37. The number of hydrogen-bond acceptors (Lipinski definition) is 5. The monoisotopic (exact) mass is 292 g/mol. The molecule has 0 atom stereocenters. The van der Waals surface area contributed by atoms with Gasteiger partial charge in [-0.15, -0.1) is 0 Å². The van der Waals surface area contributed by atoms with Crippen LogP contribution in [-0.4, -0.2) is 26.7 Å². The van der Waals surface area contributed by atoms with Gasteiger partial charge in [0.25, 0.3) is 5.91 Å². The Morgan fingerprint density at radius 3 is 2.90 bits per heavy atom. The number of nitrogens with zero attached hydrogens (tertiary/aromatic N) is 2. The maximum atomic E-state index is 11.8. The fraction of sp³-hybridized carbons (Fsp3) is 0.0833. The van der Waals surface area contributed by atoms with E-state index >= 15 is 0 Å². The van der Waals surface area contributed by atoms with E-state index < -0.39 is 11.8 Å². The second-order valence-electron chi connectivity index (χ2n) is 4.31.